The van der Waals surface area contributed by atoms with Crippen molar-refractivity contribution >= 4 is 0 Å². The van der Waals surface area contributed by atoms with Gasteiger partial charge in [0.2, 0.25) is 0 Å². The maximum Gasteiger partial charge on any atom is 0.0751 e. The molecule has 0 aromatic carbocycles. The van der Waals surface area contributed by atoms with Crippen molar-refractivity contribution in [3.63, 3.8) is 0 Å². The van der Waals surface area contributed by atoms with E-state index in [-0.39, 0.29) is 23.0 Å². The molecule has 0 radical (unpaired) electrons. The minimum absolute atomic E-state index is 0.0985. The molecule has 6 aliphatic rings. The molecule has 0 amide bonds. The zero-order chi connectivity index (χ0) is 22.1. The molecule has 6 rings (SSSR count). The first-order chi connectivity index (χ1) is 15.4. The van der Waals surface area contributed by atoms with Gasteiger partial charge in [-0.05, 0) is 105 Å². The van der Waals surface area contributed by atoms with Crippen LogP contribution < -0.4 is 0 Å². The maximum atomic E-state index is 11.5. The molecule has 32 heavy (non-hydrogen) atoms. The molecule has 2 heterocycles. The lowest BCUT2D eigenvalue weighted by atomic mass is 9.44. The van der Waals surface area contributed by atoms with Gasteiger partial charge in [0.05, 0.1) is 25.4 Å². The summed E-state index contributed by atoms with van der Waals surface area (Å²) in [5.74, 6) is 2.87. The van der Waals surface area contributed by atoms with Crippen LogP contribution in [0.1, 0.15) is 71.6 Å². The summed E-state index contributed by atoms with van der Waals surface area (Å²) in [7, 11) is 0. The maximum absolute atomic E-state index is 11.5. The Morgan fingerprint density at radius 3 is 2.25 bits per heavy atom. The third kappa shape index (κ3) is 3.28. The number of aliphatic hydroxyl groups is 2. The first-order valence-corrected chi connectivity index (χ1v) is 13.8. The van der Waals surface area contributed by atoms with Crippen molar-refractivity contribution in [1.29, 1.82) is 0 Å². The average Bonchev–Trinajstić information content (AvgIpc) is 3.40. The highest BCUT2D eigenvalue weighted by atomic mass is 16.5. The van der Waals surface area contributed by atoms with E-state index in [0.29, 0.717) is 18.0 Å². The summed E-state index contributed by atoms with van der Waals surface area (Å²) in [5, 5.41) is 22.9. The lowest BCUT2D eigenvalue weighted by Gasteiger charge is -2.62. The smallest absolute Gasteiger partial charge is 0.0751 e. The second-order valence-corrected chi connectivity index (χ2v) is 12.9. The van der Waals surface area contributed by atoms with Gasteiger partial charge in [-0.1, -0.05) is 13.8 Å². The number of morpholine rings is 1. The van der Waals surface area contributed by atoms with Crippen LogP contribution in [-0.4, -0.2) is 83.7 Å². The van der Waals surface area contributed by atoms with Crippen LogP contribution in [0.25, 0.3) is 0 Å². The molecule has 10 atom stereocenters. The van der Waals surface area contributed by atoms with E-state index in [9.17, 15) is 10.2 Å². The van der Waals surface area contributed by atoms with Crippen LogP contribution in [-0.2, 0) is 4.74 Å². The second kappa shape index (κ2) is 8.19. The number of hydrogen-bond acceptors (Lipinski definition) is 5. The summed E-state index contributed by atoms with van der Waals surface area (Å²) in [6.45, 7) is 10.9. The zero-order valence-corrected chi connectivity index (χ0v) is 20.4. The summed E-state index contributed by atoms with van der Waals surface area (Å²) in [5.41, 5.74) is 0.365. The van der Waals surface area contributed by atoms with Crippen LogP contribution in [0.3, 0.4) is 0 Å². The average molecular weight is 447 g/mol. The van der Waals surface area contributed by atoms with Gasteiger partial charge in [0.15, 0.2) is 0 Å². The van der Waals surface area contributed by atoms with Gasteiger partial charge in [0, 0.05) is 25.2 Å². The Bertz CT molecular complexity index is 692. The predicted molar refractivity (Wildman–Crippen MR) is 125 cm³/mol. The number of fused-ring (bicyclic) bond motifs is 5. The van der Waals surface area contributed by atoms with E-state index in [4.69, 9.17) is 4.74 Å². The van der Waals surface area contributed by atoms with Gasteiger partial charge in [-0.2, -0.15) is 0 Å². The fourth-order valence-corrected chi connectivity index (χ4v) is 9.99. The fraction of sp³-hybridized carbons (Fsp3) is 1.00. The van der Waals surface area contributed by atoms with Crippen molar-refractivity contribution in [3.05, 3.63) is 0 Å². The van der Waals surface area contributed by atoms with Crippen LogP contribution in [0, 0.1) is 34.5 Å². The van der Waals surface area contributed by atoms with Crippen molar-refractivity contribution < 1.29 is 14.9 Å². The Morgan fingerprint density at radius 1 is 0.781 bits per heavy atom. The van der Waals surface area contributed by atoms with Crippen LogP contribution in [0.5, 0.6) is 0 Å². The minimum atomic E-state index is -0.201. The molecule has 0 bridgehead atoms. The monoisotopic (exact) mass is 446 g/mol. The highest BCUT2D eigenvalue weighted by Crippen LogP contribution is 2.66. The van der Waals surface area contributed by atoms with Gasteiger partial charge >= 0.3 is 0 Å². The molecule has 0 aromatic heterocycles. The third-order valence-corrected chi connectivity index (χ3v) is 11.8. The van der Waals surface area contributed by atoms with Crippen LogP contribution in [0.4, 0.5) is 0 Å². The summed E-state index contributed by atoms with van der Waals surface area (Å²) >= 11 is 0. The van der Waals surface area contributed by atoms with E-state index >= 15 is 0 Å². The molecule has 0 aromatic rings. The molecule has 4 unspecified atom stereocenters. The standard InChI is InChI=1S/C27H46N2O3/c1-26-8-7-20-19(21(26)16-23(25(26)31)28-9-3-4-10-28)6-5-18-15-22(24(30)17-27(18,20)2)29-11-13-32-14-12-29/h18-25,30-31H,3-17H2,1-2H3/t18?,19?,20?,21?,22-,23-,24-,25-,26-,27-/m0/s1. The molecule has 0 spiro atoms. The molecule has 5 heteroatoms. The Kier molecular flexibility index (Phi) is 5.70. The fourth-order valence-electron chi connectivity index (χ4n) is 9.99. The molecule has 2 saturated heterocycles. The van der Waals surface area contributed by atoms with Gasteiger partial charge in [-0.25, -0.2) is 0 Å². The van der Waals surface area contributed by atoms with Gasteiger partial charge < -0.3 is 14.9 Å². The van der Waals surface area contributed by atoms with Crippen molar-refractivity contribution in [2.75, 3.05) is 39.4 Å². The van der Waals surface area contributed by atoms with E-state index in [1.807, 2.05) is 0 Å². The summed E-state index contributed by atoms with van der Waals surface area (Å²) in [4.78, 5) is 5.14. The Labute approximate surface area is 194 Å². The topological polar surface area (TPSA) is 56.2 Å². The lowest BCUT2D eigenvalue weighted by Crippen LogP contribution is -2.60. The molecule has 4 aliphatic carbocycles. The Balaban J connectivity index is 1.22. The molecule has 6 fully saturated rings. The van der Waals surface area contributed by atoms with E-state index in [1.54, 1.807) is 0 Å². The number of aliphatic hydroxyl groups excluding tert-OH is 2. The SMILES string of the molecule is C[C@]12C[C@H](O)[C@@H](N3CCOCC3)CC1CCC1C2CC[C@@]2(C)C1C[C@H](N1CCCC1)[C@@H]2O. The number of likely N-dealkylation sites (tertiary alicyclic amines) is 1. The first-order valence-electron chi connectivity index (χ1n) is 13.8. The zero-order valence-electron chi connectivity index (χ0n) is 20.4. The molecule has 182 valence electrons. The summed E-state index contributed by atoms with van der Waals surface area (Å²) in [6, 6.07) is 0.717. The molecule has 2 N–H and O–H groups in total. The summed E-state index contributed by atoms with van der Waals surface area (Å²) in [6.07, 6.45) is 10.7. The van der Waals surface area contributed by atoms with E-state index < -0.39 is 0 Å². The van der Waals surface area contributed by atoms with Crippen LogP contribution in [0.2, 0.25) is 0 Å². The van der Waals surface area contributed by atoms with E-state index in [0.717, 1.165) is 50.5 Å². The largest absolute Gasteiger partial charge is 0.391 e. The lowest BCUT2D eigenvalue weighted by molar-refractivity contribution is -0.159. The van der Waals surface area contributed by atoms with Crippen molar-refractivity contribution in [2.24, 2.45) is 34.5 Å². The van der Waals surface area contributed by atoms with Gasteiger partial charge in [0.1, 0.15) is 0 Å². The van der Waals surface area contributed by atoms with Crippen LogP contribution in [0.15, 0.2) is 0 Å². The van der Waals surface area contributed by atoms with Gasteiger partial charge in [-0.3, -0.25) is 9.80 Å². The predicted octanol–water partition coefficient (Wildman–Crippen LogP) is 3.14. The molecule has 5 nitrogen and oxygen atoms in total. The van der Waals surface area contributed by atoms with E-state index in [2.05, 4.69) is 23.6 Å². The number of rotatable bonds is 2. The van der Waals surface area contributed by atoms with Gasteiger partial charge in [-0.15, -0.1) is 0 Å². The quantitative estimate of drug-likeness (QED) is 0.683. The first kappa shape index (κ1) is 22.3. The van der Waals surface area contributed by atoms with E-state index in [1.165, 1.54) is 64.5 Å². The summed E-state index contributed by atoms with van der Waals surface area (Å²) < 4.78 is 5.58. The molecule has 2 aliphatic heterocycles. The Morgan fingerprint density at radius 2 is 1.50 bits per heavy atom. The van der Waals surface area contributed by atoms with Gasteiger partial charge in [0.25, 0.3) is 0 Å². The van der Waals surface area contributed by atoms with Crippen molar-refractivity contribution in [3.8, 4) is 0 Å². The second-order valence-electron chi connectivity index (χ2n) is 12.9. The van der Waals surface area contributed by atoms with Crippen molar-refractivity contribution in [1.82, 2.24) is 9.80 Å². The van der Waals surface area contributed by atoms with Crippen LogP contribution >= 0.6 is 0 Å². The van der Waals surface area contributed by atoms with Crippen molar-refractivity contribution in [2.45, 2.75) is 95.9 Å². The highest BCUT2D eigenvalue weighted by molar-refractivity contribution is 5.14. The molecular formula is C27H46N2O3. The Hall–Kier alpha value is -0.200. The molecular weight excluding hydrogens is 400 g/mol. The number of hydrogen-bond donors (Lipinski definition) is 2. The number of ether oxygens (including phenoxy) is 1. The minimum Gasteiger partial charge on any atom is -0.391 e. The normalized spacial score (nSPS) is 54.8. The highest BCUT2D eigenvalue weighted by Gasteiger charge is 2.63. The number of nitrogens with zero attached hydrogens (tertiary/aromatic N) is 2. The molecule has 4 saturated carbocycles. The third-order valence-electron chi connectivity index (χ3n) is 11.8.